The minimum Gasteiger partial charge on any atom is -0.299 e. The third kappa shape index (κ3) is 1.15. The van der Waals surface area contributed by atoms with Gasteiger partial charge in [0.25, 0.3) is 0 Å². The van der Waals surface area contributed by atoms with Crippen molar-refractivity contribution in [3.63, 3.8) is 0 Å². The second-order valence-electron chi connectivity index (χ2n) is 5.50. The minimum atomic E-state index is 0.427. The highest BCUT2D eigenvalue weighted by molar-refractivity contribution is 5.10. The Labute approximate surface area is 81.9 Å². The van der Waals surface area contributed by atoms with Crippen LogP contribution in [0.1, 0.15) is 27.7 Å². The molecule has 2 saturated heterocycles. The van der Waals surface area contributed by atoms with Gasteiger partial charge in [0.05, 0.1) is 0 Å². The third-order valence-corrected chi connectivity index (χ3v) is 4.31. The van der Waals surface area contributed by atoms with Crippen molar-refractivity contribution >= 4 is 0 Å². The third-order valence-electron chi connectivity index (χ3n) is 4.31. The zero-order valence-electron chi connectivity index (χ0n) is 9.54. The molecule has 2 heteroatoms. The fourth-order valence-electron chi connectivity index (χ4n) is 2.90. The number of rotatable bonds is 1. The number of likely N-dealkylation sites (tertiary alicyclic amines) is 2. The van der Waals surface area contributed by atoms with Gasteiger partial charge in [-0.25, -0.2) is 0 Å². The summed E-state index contributed by atoms with van der Waals surface area (Å²) in [4.78, 5) is 5.15. The van der Waals surface area contributed by atoms with Crippen LogP contribution in [0, 0.1) is 5.92 Å². The molecule has 0 aromatic rings. The first-order valence-corrected chi connectivity index (χ1v) is 5.41. The van der Waals surface area contributed by atoms with Gasteiger partial charge in [0.15, 0.2) is 0 Å². The molecule has 0 aliphatic carbocycles. The lowest BCUT2D eigenvalue weighted by atomic mass is 9.78. The summed E-state index contributed by atoms with van der Waals surface area (Å²) in [6.45, 7) is 11.9. The van der Waals surface area contributed by atoms with Crippen molar-refractivity contribution in [2.24, 2.45) is 5.92 Å². The minimum absolute atomic E-state index is 0.427. The zero-order chi connectivity index (χ0) is 9.80. The summed E-state index contributed by atoms with van der Waals surface area (Å²) in [5, 5.41) is 0. The van der Waals surface area contributed by atoms with E-state index in [9.17, 15) is 0 Å². The molecule has 0 amide bonds. The lowest BCUT2D eigenvalue weighted by Crippen LogP contribution is -2.61. The van der Waals surface area contributed by atoms with Crippen LogP contribution >= 0.6 is 0 Å². The topological polar surface area (TPSA) is 6.48 Å². The van der Waals surface area contributed by atoms with E-state index in [2.05, 4.69) is 44.5 Å². The molecule has 76 valence electrons. The summed E-state index contributed by atoms with van der Waals surface area (Å²) < 4.78 is 0. The maximum Gasteiger partial charge on any atom is 0.0284 e. The molecule has 0 N–H and O–H groups in total. The molecule has 2 aliphatic rings. The van der Waals surface area contributed by atoms with Gasteiger partial charge in [-0.3, -0.25) is 9.80 Å². The van der Waals surface area contributed by atoms with Crippen molar-refractivity contribution in [2.45, 2.75) is 45.3 Å². The Morgan fingerprint density at radius 2 is 1.85 bits per heavy atom. The summed E-state index contributed by atoms with van der Waals surface area (Å²) in [5.41, 5.74) is 0.427. The molecule has 0 aromatic carbocycles. The lowest BCUT2D eigenvalue weighted by molar-refractivity contribution is -0.00896. The fraction of sp³-hybridized carbons (Fsp3) is 1.00. The Hall–Kier alpha value is -0.0800. The number of nitrogens with zero attached hydrogens (tertiary/aromatic N) is 2. The quantitative estimate of drug-likeness (QED) is 0.605. The van der Waals surface area contributed by atoms with Crippen molar-refractivity contribution in [3.8, 4) is 0 Å². The maximum atomic E-state index is 2.63. The van der Waals surface area contributed by atoms with Crippen LogP contribution in [0.2, 0.25) is 0 Å². The molecule has 0 radical (unpaired) electrons. The maximum absolute atomic E-state index is 2.63. The standard InChI is InChI=1S/C11H22N2/c1-8(2)13-6-9-10(13)7-12(5)11(9,3)4/h8-10H,6-7H2,1-5H3. The van der Waals surface area contributed by atoms with E-state index >= 15 is 0 Å². The van der Waals surface area contributed by atoms with E-state index in [1.807, 2.05) is 0 Å². The molecule has 0 bridgehead atoms. The van der Waals surface area contributed by atoms with Crippen LogP contribution in [0.15, 0.2) is 0 Å². The summed E-state index contributed by atoms with van der Waals surface area (Å²) in [6.07, 6.45) is 0. The summed E-state index contributed by atoms with van der Waals surface area (Å²) >= 11 is 0. The average Bonchev–Trinajstić information content (AvgIpc) is 2.08. The Kier molecular flexibility index (Phi) is 1.97. The first kappa shape index (κ1) is 9.47. The highest BCUT2D eigenvalue weighted by Crippen LogP contribution is 2.43. The highest BCUT2D eigenvalue weighted by Gasteiger charge is 2.55. The van der Waals surface area contributed by atoms with E-state index < -0.39 is 0 Å². The predicted octanol–water partition coefficient (Wildman–Crippen LogP) is 1.42. The van der Waals surface area contributed by atoms with Gasteiger partial charge in [0, 0.05) is 36.6 Å². The van der Waals surface area contributed by atoms with Gasteiger partial charge < -0.3 is 0 Å². The Morgan fingerprint density at radius 3 is 2.31 bits per heavy atom. The van der Waals surface area contributed by atoms with Crippen molar-refractivity contribution in [1.29, 1.82) is 0 Å². The van der Waals surface area contributed by atoms with E-state index in [-0.39, 0.29) is 0 Å². The normalized spacial score (nSPS) is 39.2. The molecular formula is C11H22N2. The molecule has 2 unspecified atom stereocenters. The van der Waals surface area contributed by atoms with Crippen molar-refractivity contribution in [1.82, 2.24) is 9.80 Å². The number of hydrogen-bond donors (Lipinski definition) is 0. The van der Waals surface area contributed by atoms with Crippen LogP contribution in [0.4, 0.5) is 0 Å². The van der Waals surface area contributed by atoms with Crippen molar-refractivity contribution < 1.29 is 0 Å². The van der Waals surface area contributed by atoms with Crippen molar-refractivity contribution in [3.05, 3.63) is 0 Å². The Bertz CT molecular complexity index is 210. The largest absolute Gasteiger partial charge is 0.299 e. The predicted molar refractivity (Wildman–Crippen MR) is 55.8 cm³/mol. The second-order valence-corrected chi connectivity index (χ2v) is 5.50. The molecule has 2 heterocycles. The van der Waals surface area contributed by atoms with E-state index in [4.69, 9.17) is 0 Å². The molecule has 2 atom stereocenters. The van der Waals surface area contributed by atoms with Gasteiger partial charge in [-0.15, -0.1) is 0 Å². The second kappa shape index (κ2) is 2.71. The van der Waals surface area contributed by atoms with Gasteiger partial charge in [0.2, 0.25) is 0 Å². The van der Waals surface area contributed by atoms with Crippen LogP contribution in [0.3, 0.4) is 0 Å². The fourth-order valence-corrected chi connectivity index (χ4v) is 2.90. The van der Waals surface area contributed by atoms with Gasteiger partial charge >= 0.3 is 0 Å². The molecular weight excluding hydrogens is 160 g/mol. The van der Waals surface area contributed by atoms with Crippen LogP contribution in [0.5, 0.6) is 0 Å². The highest BCUT2D eigenvalue weighted by atomic mass is 15.4. The molecule has 2 nitrogen and oxygen atoms in total. The van der Waals surface area contributed by atoms with Gasteiger partial charge in [-0.2, -0.15) is 0 Å². The van der Waals surface area contributed by atoms with Crippen LogP contribution in [-0.2, 0) is 0 Å². The summed E-state index contributed by atoms with van der Waals surface area (Å²) in [7, 11) is 2.26. The van der Waals surface area contributed by atoms with E-state index in [1.54, 1.807) is 0 Å². The summed E-state index contributed by atoms with van der Waals surface area (Å²) in [5.74, 6) is 0.903. The zero-order valence-corrected chi connectivity index (χ0v) is 9.54. The van der Waals surface area contributed by atoms with Gasteiger partial charge in [-0.1, -0.05) is 0 Å². The monoisotopic (exact) mass is 182 g/mol. The first-order valence-electron chi connectivity index (χ1n) is 5.41. The van der Waals surface area contributed by atoms with Crippen LogP contribution < -0.4 is 0 Å². The first-order chi connectivity index (χ1) is 5.94. The average molecular weight is 182 g/mol. The smallest absolute Gasteiger partial charge is 0.0284 e. The molecule has 13 heavy (non-hydrogen) atoms. The lowest BCUT2D eigenvalue weighted by Gasteiger charge is -2.50. The molecule has 0 aromatic heterocycles. The van der Waals surface area contributed by atoms with Crippen molar-refractivity contribution in [2.75, 3.05) is 20.1 Å². The Balaban J connectivity index is 2.09. The van der Waals surface area contributed by atoms with E-state index in [1.165, 1.54) is 13.1 Å². The number of fused-ring (bicyclic) bond motifs is 1. The SMILES string of the molecule is CC(C)N1CC2C1CN(C)C2(C)C. The molecule has 0 saturated carbocycles. The van der Waals surface area contributed by atoms with Gasteiger partial charge in [-0.05, 0) is 34.7 Å². The number of likely N-dealkylation sites (N-methyl/N-ethyl adjacent to an activating group) is 1. The number of hydrogen-bond acceptors (Lipinski definition) is 2. The molecule has 2 rings (SSSR count). The van der Waals surface area contributed by atoms with E-state index in [0.717, 1.165) is 18.0 Å². The summed E-state index contributed by atoms with van der Waals surface area (Å²) in [6, 6.07) is 1.56. The molecule has 2 fully saturated rings. The van der Waals surface area contributed by atoms with Crippen LogP contribution in [0.25, 0.3) is 0 Å². The molecule has 2 aliphatic heterocycles. The van der Waals surface area contributed by atoms with Gasteiger partial charge in [0.1, 0.15) is 0 Å². The van der Waals surface area contributed by atoms with Crippen LogP contribution in [-0.4, -0.2) is 47.6 Å². The molecule has 0 spiro atoms. The Morgan fingerprint density at radius 1 is 1.23 bits per heavy atom. The van der Waals surface area contributed by atoms with E-state index in [0.29, 0.717) is 5.54 Å².